The van der Waals surface area contributed by atoms with Crippen LogP contribution in [-0.2, 0) is 4.43 Å². The Morgan fingerprint density at radius 2 is 1.38 bits per heavy atom. The third kappa shape index (κ3) is 6.28. The molecule has 29 heavy (non-hydrogen) atoms. The fraction of sp³-hybridized carbons (Fsp3) is 0.385. The van der Waals surface area contributed by atoms with E-state index in [4.69, 9.17) is 4.43 Å². The number of alkyl halides is 1. The number of benzene rings is 2. The predicted molar refractivity (Wildman–Crippen MR) is 134 cm³/mol. The van der Waals surface area contributed by atoms with E-state index >= 15 is 0 Å². The van der Waals surface area contributed by atoms with Crippen molar-refractivity contribution >= 4 is 34.6 Å². The summed E-state index contributed by atoms with van der Waals surface area (Å²) < 4.78 is 6.98. The number of halogens is 1. The summed E-state index contributed by atoms with van der Waals surface area (Å²) in [4.78, 5) is 0. The molecule has 0 atom stereocenters. The van der Waals surface area contributed by atoms with Crippen LogP contribution in [0.1, 0.15) is 47.5 Å². The highest BCUT2D eigenvalue weighted by atomic mass is 79.9. The largest absolute Gasteiger partial charge is 0.403 e. The average molecular weight is 472 g/mol. The number of hydrogen-bond donors (Lipinski definition) is 0. The molecule has 0 aliphatic heterocycles. The molecular weight excluding hydrogens is 436 g/mol. The summed E-state index contributed by atoms with van der Waals surface area (Å²) in [5.74, 6) is 0. The van der Waals surface area contributed by atoms with E-state index in [1.54, 1.807) is 0 Å². The van der Waals surface area contributed by atoms with E-state index in [-0.39, 0.29) is 5.04 Å². The summed E-state index contributed by atoms with van der Waals surface area (Å²) in [6.45, 7) is 12.0. The monoisotopic (exact) mass is 470 g/mol. The van der Waals surface area contributed by atoms with E-state index in [1.165, 1.54) is 21.5 Å². The smallest absolute Gasteiger partial charge is 0.261 e. The van der Waals surface area contributed by atoms with E-state index in [0.717, 1.165) is 18.2 Å². The molecule has 3 heteroatoms. The molecule has 0 saturated heterocycles. The Morgan fingerprint density at radius 1 is 0.862 bits per heavy atom. The van der Waals surface area contributed by atoms with E-state index in [9.17, 15) is 0 Å². The highest BCUT2D eigenvalue weighted by Crippen LogP contribution is 2.37. The van der Waals surface area contributed by atoms with Gasteiger partial charge in [-0.3, -0.25) is 0 Å². The molecule has 0 saturated carbocycles. The van der Waals surface area contributed by atoms with Gasteiger partial charge in [-0.2, -0.15) is 0 Å². The van der Waals surface area contributed by atoms with Gasteiger partial charge in [-0.05, 0) is 42.1 Å². The van der Waals surface area contributed by atoms with Crippen molar-refractivity contribution in [3.63, 3.8) is 0 Å². The second kappa shape index (κ2) is 11.1. The van der Waals surface area contributed by atoms with Gasteiger partial charge in [0, 0.05) is 5.33 Å². The minimum Gasteiger partial charge on any atom is -0.403 e. The van der Waals surface area contributed by atoms with Crippen LogP contribution in [-0.4, -0.2) is 20.3 Å². The first-order chi connectivity index (χ1) is 13.8. The van der Waals surface area contributed by atoms with Gasteiger partial charge in [0.25, 0.3) is 8.32 Å². The highest BCUT2D eigenvalue weighted by Gasteiger charge is 2.50. The lowest BCUT2D eigenvalue weighted by Crippen LogP contribution is -2.66. The van der Waals surface area contributed by atoms with Crippen LogP contribution in [0.25, 0.3) is 0 Å². The zero-order chi connectivity index (χ0) is 21.3. The van der Waals surface area contributed by atoms with Gasteiger partial charge >= 0.3 is 0 Å². The Hall–Kier alpha value is -1.42. The molecular formula is C26H35BrOSi. The first-order valence-corrected chi connectivity index (χ1v) is 13.5. The molecule has 2 aromatic carbocycles. The maximum Gasteiger partial charge on any atom is 0.261 e. The van der Waals surface area contributed by atoms with Crippen molar-refractivity contribution in [1.82, 2.24) is 0 Å². The summed E-state index contributed by atoms with van der Waals surface area (Å²) in [5.41, 5.74) is 2.74. The summed E-state index contributed by atoms with van der Waals surface area (Å²) >= 11 is 3.47. The highest BCUT2D eigenvalue weighted by molar-refractivity contribution is 9.09. The third-order valence-electron chi connectivity index (χ3n) is 5.39. The molecule has 0 amide bonds. The van der Waals surface area contributed by atoms with Crippen LogP contribution >= 0.6 is 15.9 Å². The molecule has 156 valence electrons. The normalized spacial score (nSPS) is 13.6. The molecule has 1 nitrogen and oxygen atoms in total. The summed E-state index contributed by atoms with van der Waals surface area (Å²) in [6, 6.07) is 21.7. The summed E-state index contributed by atoms with van der Waals surface area (Å²) in [6.07, 6.45) is 6.73. The molecule has 0 fully saturated rings. The van der Waals surface area contributed by atoms with Gasteiger partial charge in [0.15, 0.2) is 0 Å². The molecule has 0 unspecified atom stereocenters. The molecule has 2 aromatic rings. The van der Waals surface area contributed by atoms with Crippen molar-refractivity contribution in [1.29, 1.82) is 0 Å². The lowest BCUT2D eigenvalue weighted by atomic mass is 10.1. The molecule has 0 aliphatic carbocycles. The van der Waals surface area contributed by atoms with Gasteiger partial charge in [-0.25, -0.2) is 0 Å². The topological polar surface area (TPSA) is 9.23 Å². The molecule has 2 rings (SSSR count). The minimum atomic E-state index is -2.44. The van der Waals surface area contributed by atoms with Gasteiger partial charge < -0.3 is 4.43 Å². The van der Waals surface area contributed by atoms with Gasteiger partial charge in [0.05, 0.1) is 6.61 Å². The van der Waals surface area contributed by atoms with E-state index in [1.807, 2.05) is 0 Å². The Balaban J connectivity index is 2.33. The fourth-order valence-electron chi connectivity index (χ4n) is 3.82. The third-order valence-corrected chi connectivity index (χ3v) is 10.7. The Bertz CT molecular complexity index is 764. The maximum atomic E-state index is 6.98. The Kier molecular flexibility index (Phi) is 9.13. The zero-order valence-corrected chi connectivity index (χ0v) is 21.1. The maximum absolute atomic E-state index is 6.98. The van der Waals surface area contributed by atoms with Crippen molar-refractivity contribution in [2.75, 3.05) is 11.9 Å². The average Bonchev–Trinajstić information content (AvgIpc) is 2.69. The van der Waals surface area contributed by atoms with E-state index in [0.29, 0.717) is 6.61 Å². The van der Waals surface area contributed by atoms with Crippen LogP contribution in [0.4, 0.5) is 0 Å². The summed E-state index contributed by atoms with van der Waals surface area (Å²) in [5, 5.41) is 3.62. The minimum absolute atomic E-state index is 0.0190. The Labute approximate surface area is 187 Å². The Morgan fingerprint density at radius 3 is 1.83 bits per heavy atom. The standard InChI is InChI=1S/C26H35BrOSi/c1-22(19-20-27)13-12-14-23(2)21-28-29(26(3,4)5,24-15-8-6-9-16-24)25-17-10-7-11-18-25/h6-11,14-19H,12-13,20-21H2,1-5H3. The molecule has 0 N–H and O–H groups in total. The molecule has 0 bridgehead atoms. The van der Waals surface area contributed by atoms with Crippen LogP contribution < -0.4 is 10.4 Å². The second-order valence-electron chi connectivity index (χ2n) is 8.75. The number of hydrogen-bond acceptors (Lipinski definition) is 1. The SMILES string of the molecule is CC(=CCBr)CCC=C(C)CO[Si](c1ccccc1)(c1ccccc1)C(C)(C)C. The second-order valence-corrected chi connectivity index (χ2v) is 13.7. The zero-order valence-electron chi connectivity index (χ0n) is 18.5. The molecule has 0 aromatic heterocycles. The van der Waals surface area contributed by atoms with Crippen LogP contribution in [0.15, 0.2) is 84.0 Å². The van der Waals surface area contributed by atoms with Crippen molar-refractivity contribution in [3.8, 4) is 0 Å². The lowest BCUT2D eigenvalue weighted by Gasteiger charge is -2.43. The van der Waals surface area contributed by atoms with E-state index in [2.05, 4.69) is 123 Å². The van der Waals surface area contributed by atoms with Crippen LogP contribution in [0.2, 0.25) is 5.04 Å². The van der Waals surface area contributed by atoms with Crippen molar-refractivity contribution in [3.05, 3.63) is 84.0 Å². The predicted octanol–water partition coefficient (Wildman–Crippen LogP) is 6.63. The fourth-order valence-corrected chi connectivity index (χ4v) is 8.97. The number of rotatable bonds is 9. The van der Waals surface area contributed by atoms with Crippen LogP contribution in [0, 0.1) is 0 Å². The first-order valence-electron chi connectivity index (χ1n) is 10.4. The summed E-state index contributed by atoms with van der Waals surface area (Å²) in [7, 11) is -2.44. The molecule has 0 aliphatic rings. The molecule has 0 radical (unpaired) electrons. The van der Waals surface area contributed by atoms with Crippen molar-refractivity contribution < 1.29 is 4.43 Å². The van der Waals surface area contributed by atoms with Crippen LogP contribution in [0.5, 0.6) is 0 Å². The van der Waals surface area contributed by atoms with Crippen molar-refractivity contribution in [2.45, 2.75) is 52.5 Å². The molecule has 0 heterocycles. The lowest BCUT2D eigenvalue weighted by molar-refractivity contribution is 0.329. The van der Waals surface area contributed by atoms with Gasteiger partial charge in [-0.1, -0.05) is 121 Å². The van der Waals surface area contributed by atoms with Crippen molar-refractivity contribution in [2.24, 2.45) is 0 Å². The van der Waals surface area contributed by atoms with Gasteiger partial charge in [0.1, 0.15) is 0 Å². The number of allylic oxidation sites excluding steroid dienone is 3. The first kappa shape index (κ1) is 23.9. The quantitative estimate of drug-likeness (QED) is 0.227. The van der Waals surface area contributed by atoms with Gasteiger partial charge in [0.2, 0.25) is 0 Å². The van der Waals surface area contributed by atoms with E-state index < -0.39 is 8.32 Å². The van der Waals surface area contributed by atoms with Gasteiger partial charge in [-0.15, -0.1) is 0 Å². The van der Waals surface area contributed by atoms with Crippen LogP contribution in [0.3, 0.4) is 0 Å². The molecule has 0 spiro atoms.